The lowest BCUT2D eigenvalue weighted by Gasteiger charge is -2.35. The minimum atomic E-state index is -2.77. The molecule has 0 radical (unpaired) electrons. The molecule has 0 unspecified atom stereocenters. The van der Waals surface area contributed by atoms with Crippen LogP contribution in [0.2, 0.25) is 0 Å². The van der Waals surface area contributed by atoms with Crippen LogP contribution in [0.25, 0.3) is 62.5 Å². The van der Waals surface area contributed by atoms with E-state index in [0.29, 0.717) is 11.3 Å². The molecule has 0 N–H and O–H groups in total. The van der Waals surface area contributed by atoms with Gasteiger partial charge in [-0.25, -0.2) is 4.85 Å². The lowest BCUT2D eigenvalue weighted by Crippen LogP contribution is -2.74. The number of hydrogen-bond acceptors (Lipinski definition) is 3. The maximum absolute atomic E-state index is 9.95. The Balaban J connectivity index is 0.569. The second-order valence-corrected chi connectivity index (χ2v) is 40.6. The first-order valence-corrected chi connectivity index (χ1v) is 44.5. The van der Waals surface area contributed by atoms with Crippen molar-refractivity contribution in [3.63, 3.8) is 0 Å². The average Bonchev–Trinajstić information content (AvgIpc) is 1.59. The van der Waals surface area contributed by atoms with Crippen molar-refractivity contribution in [3.8, 4) is 39.4 Å². The molecule has 6 heteroatoms. The molecule has 16 aromatic carbocycles. The summed E-state index contributed by atoms with van der Waals surface area (Å²) in [5.41, 5.74) is 26.8. The first kappa shape index (κ1) is 73.2. The van der Waals surface area contributed by atoms with Crippen LogP contribution in [0.1, 0.15) is 103 Å². The van der Waals surface area contributed by atoms with Gasteiger partial charge in [0.05, 0.1) is 18.2 Å². The summed E-state index contributed by atoms with van der Waals surface area (Å²) in [5.74, 6) is 0. The molecule has 0 heterocycles. The molecule has 0 aliphatic heterocycles. The predicted molar refractivity (Wildman–Crippen MR) is 497 cm³/mol. The molecule has 0 aromatic heterocycles. The summed E-state index contributed by atoms with van der Waals surface area (Å²) in [4.78, 5) is 8.47. The zero-order chi connectivity index (χ0) is 79.6. The van der Waals surface area contributed by atoms with E-state index >= 15 is 0 Å². The van der Waals surface area contributed by atoms with Crippen LogP contribution in [0.15, 0.2) is 388 Å². The Kier molecular flexibility index (Phi) is 18.4. The van der Waals surface area contributed by atoms with Crippen LogP contribution >= 0.6 is 0 Å². The van der Waals surface area contributed by atoms with E-state index in [2.05, 4.69) is 451 Å². The van der Waals surface area contributed by atoms with Crippen molar-refractivity contribution in [3.05, 3.63) is 461 Å². The van der Waals surface area contributed by atoms with Gasteiger partial charge in [0.1, 0.15) is 0 Å². The number of fused-ring (bicyclic) bond motifs is 9. The fraction of sp³-hybridized carbons (Fsp3) is 0.0811. The monoisotopic (exact) mass is 1530 g/mol. The second-order valence-electron chi connectivity index (χ2n) is 33.0. The Morgan fingerprint density at radius 2 is 0.470 bits per heavy atom. The molecule has 0 saturated heterocycles. The maximum atomic E-state index is 9.95. The van der Waals surface area contributed by atoms with E-state index in [9.17, 15) is 5.26 Å². The van der Waals surface area contributed by atoms with Gasteiger partial charge in [-0.05, 0) is 215 Å². The van der Waals surface area contributed by atoms with Crippen molar-refractivity contribution < 1.29 is 0 Å². The quantitative estimate of drug-likeness (QED) is 0.0372. The van der Waals surface area contributed by atoms with Crippen LogP contribution in [0, 0.1) is 17.9 Å². The minimum Gasteiger partial charge on any atom is -0.311 e. The number of nitrogens with zero attached hydrogens (tertiary/aromatic N) is 4. The second kappa shape index (κ2) is 29.4. The molecule has 558 valence electrons. The molecule has 0 fully saturated rings. The summed E-state index contributed by atoms with van der Waals surface area (Å²) in [5, 5.41) is 20.6. The average molecular weight is 1530 g/mol. The highest BCUT2D eigenvalue weighted by Gasteiger charge is 2.45. The third-order valence-electron chi connectivity index (χ3n) is 25.4. The smallest absolute Gasteiger partial charge is 0.187 e. The molecule has 117 heavy (non-hydrogen) atoms. The zero-order valence-corrected chi connectivity index (χ0v) is 68.5. The lowest BCUT2D eigenvalue weighted by atomic mass is 9.81. The zero-order valence-electron chi connectivity index (χ0n) is 66.5. The highest BCUT2D eigenvalue weighted by atomic mass is 28.3. The Labute approximate surface area is 690 Å². The van der Waals surface area contributed by atoms with E-state index in [1.54, 1.807) is 0 Å². The van der Waals surface area contributed by atoms with Crippen molar-refractivity contribution in [2.45, 2.75) is 57.8 Å². The standard InChI is InChI=1S/C111H86N4Si2/c1-109(2)103-70-77(38-40-79-46-66-99-101-68-58-87(74-107(101)110(3,4)105(99)72-79)114(83-50-42-81(76-112)43-51-83)85-54-60-95(61-55-85)116(89-26-14-8-15-27-89,90-28-16-9-17-29-90)91-30-18-10-19-31-91)44-64-97(103)98-65-45-78(71-104(98)109)39-41-80-47-67-100-102-69-59-88(75-108(102)111(5,6)106(100)73-80)115(84-52-48-82(113-7)49-53-84)86-56-62-96(63-57-86)117(92-32-20-11-21-33-92,93-34-22-12-23-35-93)94-36-24-13-25-37-94/h8-75H,1-6H3/b40-38+,41-39+. The van der Waals surface area contributed by atoms with Crippen LogP contribution in [0.4, 0.5) is 39.8 Å². The van der Waals surface area contributed by atoms with Crippen LogP contribution in [-0.4, -0.2) is 16.1 Å². The first-order valence-electron chi connectivity index (χ1n) is 40.5. The van der Waals surface area contributed by atoms with Crippen molar-refractivity contribution in [2.24, 2.45) is 0 Å². The highest BCUT2D eigenvalue weighted by Crippen LogP contribution is 2.54. The molecule has 0 amide bonds. The Morgan fingerprint density at radius 1 is 0.256 bits per heavy atom. The molecule has 0 saturated carbocycles. The summed E-state index contributed by atoms with van der Waals surface area (Å²) in [7, 11) is -5.53. The largest absolute Gasteiger partial charge is 0.311 e. The van der Waals surface area contributed by atoms with Crippen molar-refractivity contribution in [1.29, 1.82) is 5.26 Å². The van der Waals surface area contributed by atoms with E-state index in [-0.39, 0.29) is 16.2 Å². The topological polar surface area (TPSA) is 34.6 Å². The summed E-state index contributed by atoms with van der Waals surface area (Å²) < 4.78 is 0. The summed E-state index contributed by atoms with van der Waals surface area (Å²) >= 11 is 0. The van der Waals surface area contributed by atoms with Crippen LogP contribution in [0.3, 0.4) is 0 Å². The number of anilines is 6. The van der Waals surface area contributed by atoms with E-state index in [1.807, 2.05) is 24.3 Å². The van der Waals surface area contributed by atoms with Gasteiger partial charge in [0.25, 0.3) is 0 Å². The van der Waals surface area contributed by atoms with Crippen LogP contribution in [0.5, 0.6) is 0 Å². The molecule has 3 aliphatic carbocycles. The maximum Gasteiger partial charge on any atom is 0.187 e. The van der Waals surface area contributed by atoms with Crippen molar-refractivity contribution in [2.75, 3.05) is 9.80 Å². The third-order valence-corrected chi connectivity index (χ3v) is 35.0. The van der Waals surface area contributed by atoms with Gasteiger partial charge in [-0.1, -0.05) is 369 Å². The fourth-order valence-electron chi connectivity index (χ4n) is 19.4. The predicted octanol–water partition coefficient (Wildman–Crippen LogP) is 23.1. The van der Waals surface area contributed by atoms with Gasteiger partial charge in [-0.2, -0.15) is 5.26 Å². The van der Waals surface area contributed by atoms with Gasteiger partial charge in [0.2, 0.25) is 0 Å². The molecular weight excluding hydrogens is 1450 g/mol. The number of hydrogen-bond donors (Lipinski definition) is 0. The van der Waals surface area contributed by atoms with E-state index in [4.69, 9.17) is 6.57 Å². The number of nitriles is 1. The van der Waals surface area contributed by atoms with Gasteiger partial charge < -0.3 is 9.80 Å². The van der Waals surface area contributed by atoms with Gasteiger partial charge in [-0.15, -0.1) is 0 Å². The molecule has 16 aromatic rings. The van der Waals surface area contributed by atoms with Crippen molar-refractivity contribution >= 4 is 122 Å². The normalized spacial score (nSPS) is 13.7. The molecule has 0 bridgehead atoms. The molecular formula is C111H86N4Si2. The first-order chi connectivity index (χ1) is 57.1. The molecule has 4 nitrogen and oxygen atoms in total. The van der Waals surface area contributed by atoms with E-state index in [1.165, 1.54) is 125 Å². The molecule has 3 aliphatic rings. The fourth-order valence-corrected chi connectivity index (χ4v) is 28.9. The van der Waals surface area contributed by atoms with Gasteiger partial charge in [0.15, 0.2) is 21.8 Å². The van der Waals surface area contributed by atoms with Gasteiger partial charge in [-0.3, -0.25) is 0 Å². The Hall–Kier alpha value is -14.0. The van der Waals surface area contributed by atoms with Gasteiger partial charge >= 0.3 is 0 Å². The lowest BCUT2D eigenvalue weighted by molar-refractivity contribution is 0.660. The third kappa shape index (κ3) is 12.5. The van der Waals surface area contributed by atoms with E-state index in [0.717, 1.165) is 39.7 Å². The van der Waals surface area contributed by atoms with Crippen molar-refractivity contribution in [1.82, 2.24) is 0 Å². The molecule has 0 spiro atoms. The highest BCUT2D eigenvalue weighted by molar-refractivity contribution is 7.20. The minimum absolute atomic E-state index is 0.219. The summed E-state index contributed by atoms with van der Waals surface area (Å²) in [6.45, 7) is 22.1. The van der Waals surface area contributed by atoms with Gasteiger partial charge in [0, 0.05) is 50.4 Å². The number of benzene rings is 16. The molecule has 19 rings (SSSR count). The Bertz CT molecular complexity index is 6020. The van der Waals surface area contributed by atoms with E-state index < -0.39 is 16.1 Å². The number of rotatable bonds is 18. The molecule has 0 atom stereocenters. The SMILES string of the molecule is [C-]#[N+]c1ccc(N(c2ccc([Si](c3ccccc3)(c3ccccc3)c3ccccc3)cc2)c2ccc3c(c2)C(C)(C)c2cc(/C=C/c4ccc5c(c4)C(C)(C)c4cc(/C=C/c6ccc7c(c6)C(C)(C)c6cc(N(c8ccc(C#N)cc8)c8ccc([Si](c9ccccc9)(c9ccccc9)c9ccccc9)cc8)ccc6-7)ccc4-5)ccc2-3)cc1. The summed E-state index contributed by atoms with van der Waals surface area (Å²) in [6.07, 6.45) is 9.14. The summed E-state index contributed by atoms with van der Waals surface area (Å²) in [6, 6.07) is 145. The van der Waals surface area contributed by atoms with Crippen LogP contribution in [-0.2, 0) is 16.2 Å². The van der Waals surface area contributed by atoms with Crippen LogP contribution < -0.4 is 51.3 Å². The Morgan fingerprint density at radius 3 is 0.718 bits per heavy atom.